The molecule has 0 aromatic heterocycles. The number of amides is 2. The van der Waals surface area contributed by atoms with E-state index in [-0.39, 0.29) is 18.1 Å². The lowest BCUT2D eigenvalue weighted by atomic mass is 10.1. The lowest BCUT2D eigenvalue weighted by Gasteiger charge is -2.32. The van der Waals surface area contributed by atoms with Crippen LogP contribution in [0.2, 0.25) is 5.02 Å². The van der Waals surface area contributed by atoms with E-state index in [1.54, 1.807) is 43.3 Å². The van der Waals surface area contributed by atoms with Crippen LogP contribution in [0.5, 0.6) is 11.5 Å². The molecule has 35 heavy (non-hydrogen) atoms. The molecule has 0 aliphatic carbocycles. The number of hydrogen-bond acceptors (Lipinski definition) is 6. The van der Waals surface area contributed by atoms with E-state index in [1.807, 2.05) is 6.92 Å². The predicted molar refractivity (Wildman–Crippen MR) is 134 cm³/mol. The lowest BCUT2D eigenvalue weighted by molar-refractivity contribution is -0.139. The van der Waals surface area contributed by atoms with E-state index in [1.165, 1.54) is 11.0 Å². The maximum absolute atomic E-state index is 13.5. The van der Waals surface area contributed by atoms with Crippen molar-refractivity contribution in [2.24, 2.45) is 0 Å². The Morgan fingerprint density at radius 1 is 1.11 bits per heavy atom. The molecule has 0 spiro atoms. The van der Waals surface area contributed by atoms with Gasteiger partial charge in [-0.25, -0.2) is 8.42 Å². The van der Waals surface area contributed by atoms with E-state index in [2.05, 4.69) is 5.32 Å². The zero-order valence-corrected chi connectivity index (χ0v) is 21.6. The number of sulfonamides is 1. The minimum atomic E-state index is -3.85. The van der Waals surface area contributed by atoms with E-state index in [0.29, 0.717) is 41.8 Å². The third-order valence-electron chi connectivity index (χ3n) is 5.51. The van der Waals surface area contributed by atoms with E-state index in [0.717, 1.165) is 17.0 Å². The van der Waals surface area contributed by atoms with E-state index in [4.69, 9.17) is 21.1 Å². The molecule has 0 bridgehead atoms. The van der Waals surface area contributed by atoms with Crippen LogP contribution >= 0.6 is 11.6 Å². The maximum atomic E-state index is 13.5. The van der Waals surface area contributed by atoms with Crippen LogP contribution in [0.4, 0.5) is 5.69 Å². The molecular formula is C24H30ClN3O6S. The third kappa shape index (κ3) is 6.79. The van der Waals surface area contributed by atoms with Crippen LogP contribution in [-0.4, -0.2) is 63.7 Å². The van der Waals surface area contributed by atoms with E-state index >= 15 is 0 Å². The molecular weight excluding hydrogens is 494 g/mol. The highest BCUT2D eigenvalue weighted by Gasteiger charge is 2.31. The van der Waals surface area contributed by atoms with Crippen molar-refractivity contribution in [3.05, 3.63) is 53.1 Å². The lowest BCUT2D eigenvalue weighted by Crippen LogP contribution is -2.51. The van der Waals surface area contributed by atoms with Crippen molar-refractivity contribution < 1.29 is 27.5 Å². The normalized spacial score (nSPS) is 13.6. The highest BCUT2D eigenvalue weighted by Crippen LogP contribution is 2.34. The van der Waals surface area contributed by atoms with Gasteiger partial charge in [0.25, 0.3) is 0 Å². The molecule has 0 saturated carbocycles. The van der Waals surface area contributed by atoms with Gasteiger partial charge >= 0.3 is 0 Å². The molecule has 2 amide bonds. The third-order valence-corrected chi connectivity index (χ3v) is 7.02. The van der Waals surface area contributed by atoms with Crippen LogP contribution in [0.1, 0.15) is 25.8 Å². The number of nitrogens with one attached hydrogen (secondary N) is 1. The fourth-order valence-corrected chi connectivity index (χ4v) is 4.63. The Kier molecular flexibility index (Phi) is 8.85. The summed E-state index contributed by atoms with van der Waals surface area (Å²) in [5, 5.41) is 3.23. The number of hydrogen-bond donors (Lipinski definition) is 1. The first-order valence-electron chi connectivity index (χ1n) is 11.3. The molecule has 0 unspecified atom stereocenters. The quantitative estimate of drug-likeness (QED) is 0.513. The Morgan fingerprint density at radius 2 is 1.80 bits per heavy atom. The van der Waals surface area contributed by atoms with Crippen LogP contribution in [0.25, 0.3) is 0 Å². The summed E-state index contributed by atoms with van der Waals surface area (Å²) in [5.41, 5.74) is 0.897. The van der Waals surface area contributed by atoms with Crippen molar-refractivity contribution in [2.75, 3.05) is 36.9 Å². The first-order chi connectivity index (χ1) is 16.6. The standard InChI is InChI=1S/C24H30ClN3O6S/c1-4-11-26-24(30)17(2)27(15-18-7-5-6-8-20(18)25)23(29)16-28(35(3,31)32)19-9-10-21-22(14-19)34-13-12-33-21/h5-10,14,17H,4,11-13,15-16H2,1-3H3,(H,26,30)/t17-/m1/s1. The number of ether oxygens (including phenoxy) is 2. The first kappa shape index (κ1) is 26.6. The molecule has 2 aromatic carbocycles. The molecule has 2 aromatic rings. The highest BCUT2D eigenvalue weighted by atomic mass is 35.5. The van der Waals surface area contributed by atoms with Gasteiger partial charge in [0, 0.05) is 24.2 Å². The molecule has 190 valence electrons. The molecule has 9 nitrogen and oxygen atoms in total. The van der Waals surface area contributed by atoms with Crippen molar-refractivity contribution in [3.8, 4) is 11.5 Å². The second-order valence-corrected chi connectivity index (χ2v) is 10.5. The van der Waals surface area contributed by atoms with Gasteiger partial charge in [0.1, 0.15) is 25.8 Å². The zero-order valence-electron chi connectivity index (χ0n) is 20.0. The summed E-state index contributed by atoms with van der Waals surface area (Å²) in [4.78, 5) is 27.6. The van der Waals surface area contributed by atoms with Crippen LogP contribution in [-0.2, 0) is 26.2 Å². The van der Waals surface area contributed by atoms with Gasteiger partial charge in [-0.05, 0) is 37.1 Å². The van der Waals surface area contributed by atoms with Crippen molar-refractivity contribution in [1.29, 1.82) is 0 Å². The minimum absolute atomic E-state index is 0.0396. The van der Waals surface area contributed by atoms with Crippen molar-refractivity contribution in [3.63, 3.8) is 0 Å². The fraction of sp³-hybridized carbons (Fsp3) is 0.417. The van der Waals surface area contributed by atoms with Gasteiger partial charge in [-0.15, -0.1) is 0 Å². The summed E-state index contributed by atoms with van der Waals surface area (Å²) < 4.78 is 37.5. The van der Waals surface area contributed by atoms with Gasteiger partial charge in [0.2, 0.25) is 21.8 Å². The van der Waals surface area contributed by atoms with Crippen molar-refractivity contribution in [2.45, 2.75) is 32.9 Å². The monoisotopic (exact) mass is 523 g/mol. The number of nitrogens with zero attached hydrogens (tertiary/aromatic N) is 2. The van der Waals surface area contributed by atoms with Gasteiger partial charge < -0.3 is 19.7 Å². The number of fused-ring (bicyclic) bond motifs is 1. The van der Waals surface area contributed by atoms with Crippen LogP contribution in [0, 0.1) is 0 Å². The van der Waals surface area contributed by atoms with Crippen LogP contribution < -0.4 is 19.1 Å². The average molecular weight is 524 g/mol. The van der Waals surface area contributed by atoms with E-state index < -0.39 is 28.5 Å². The van der Waals surface area contributed by atoms with Gasteiger partial charge in [-0.3, -0.25) is 13.9 Å². The second kappa shape index (κ2) is 11.6. The molecule has 1 N–H and O–H groups in total. The van der Waals surface area contributed by atoms with Gasteiger partial charge in [-0.1, -0.05) is 36.7 Å². The summed E-state index contributed by atoms with van der Waals surface area (Å²) >= 11 is 6.31. The van der Waals surface area contributed by atoms with Crippen LogP contribution in [0.15, 0.2) is 42.5 Å². The number of carbonyl (C=O) groups is 2. The van der Waals surface area contributed by atoms with Gasteiger partial charge in [0.05, 0.1) is 11.9 Å². The predicted octanol–water partition coefficient (Wildman–Crippen LogP) is 2.82. The summed E-state index contributed by atoms with van der Waals surface area (Å²) in [7, 11) is -3.85. The molecule has 11 heteroatoms. The smallest absolute Gasteiger partial charge is 0.244 e. The summed E-state index contributed by atoms with van der Waals surface area (Å²) in [5.74, 6) is 0.0123. The zero-order chi connectivity index (χ0) is 25.6. The number of benzene rings is 2. The van der Waals surface area contributed by atoms with Crippen molar-refractivity contribution >= 4 is 39.1 Å². The Morgan fingerprint density at radius 3 is 2.46 bits per heavy atom. The van der Waals surface area contributed by atoms with Gasteiger partial charge in [-0.2, -0.15) is 0 Å². The Balaban J connectivity index is 1.91. The highest BCUT2D eigenvalue weighted by molar-refractivity contribution is 7.92. The topological polar surface area (TPSA) is 105 Å². The summed E-state index contributed by atoms with van der Waals surface area (Å²) in [6.45, 7) is 4.26. The summed E-state index contributed by atoms with van der Waals surface area (Å²) in [6.07, 6.45) is 1.76. The molecule has 1 heterocycles. The molecule has 1 atom stereocenters. The molecule has 0 saturated heterocycles. The molecule has 1 aliphatic rings. The number of rotatable bonds is 10. The number of halogens is 1. The Hall–Kier alpha value is -2.98. The fourth-order valence-electron chi connectivity index (χ4n) is 3.59. The molecule has 0 fully saturated rings. The average Bonchev–Trinajstić information content (AvgIpc) is 2.83. The van der Waals surface area contributed by atoms with E-state index in [9.17, 15) is 18.0 Å². The maximum Gasteiger partial charge on any atom is 0.244 e. The largest absolute Gasteiger partial charge is 0.486 e. The van der Waals surface area contributed by atoms with Crippen molar-refractivity contribution in [1.82, 2.24) is 10.2 Å². The minimum Gasteiger partial charge on any atom is -0.486 e. The first-order valence-corrected chi connectivity index (χ1v) is 13.5. The Bertz CT molecular complexity index is 1170. The number of carbonyl (C=O) groups excluding carboxylic acids is 2. The SMILES string of the molecule is CCCNC(=O)[C@@H](C)N(Cc1ccccc1Cl)C(=O)CN(c1ccc2c(c1)OCCO2)S(C)(=O)=O. The second-order valence-electron chi connectivity index (χ2n) is 8.18. The van der Waals surface area contributed by atoms with Gasteiger partial charge in [0.15, 0.2) is 11.5 Å². The molecule has 3 rings (SSSR count). The molecule has 0 radical (unpaired) electrons. The summed E-state index contributed by atoms with van der Waals surface area (Å²) in [6, 6.07) is 10.8. The van der Waals surface area contributed by atoms with Crippen LogP contribution in [0.3, 0.4) is 0 Å². The number of anilines is 1. The Labute approximate surface area is 211 Å². The molecule has 1 aliphatic heterocycles.